The molecule has 1 saturated heterocycles. The monoisotopic (exact) mass is 321 g/mol. The van der Waals surface area contributed by atoms with Crippen LogP contribution in [-0.2, 0) is 6.54 Å². The van der Waals surface area contributed by atoms with Gasteiger partial charge in [0, 0.05) is 17.5 Å². The molecule has 3 rings (SSSR count). The first-order valence-corrected chi connectivity index (χ1v) is 8.75. The molecule has 2 N–H and O–H groups in total. The number of nitrogens with one attached hydrogen (secondary N) is 1. The highest BCUT2D eigenvalue weighted by Crippen LogP contribution is 2.27. The zero-order chi connectivity index (χ0) is 15.7. The molecule has 0 aliphatic carbocycles. The number of likely N-dealkylation sites (tertiary alicyclic amines) is 1. The summed E-state index contributed by atoms with van der Waals surface area (Å²) in [5, 5.41) is 9.75. The molecule has 5 nitrogen and oxygen atoms in total. The first-order valence-electron chi connectivity index (χ1n) is 7.94. The fourth-order valence-corrected chi connectivity index (χ4v) is 4.37. The quantitative estimate of drug-likeness (QED) is 0.887. The SMILES string of the molecule is Cc1sc2nc(CN3CCCC3CCCO)[nH]c(=O)c2c1C. The van der Waals surface area contributed by atoms with Crippen molar-refractivity contribution >= 4 is 21.6 Å². The van der Waals surface area contributed by atoms with E-state index in [1.807, 2.05) is 13.8 Å². The number of nitrogens with zero attached hydrogens (tertiary/aromatic N) is 2. The Kier molecular flexibility index (Phi) is 4.61. The second-order valence-electron chi connectivity index (χ2n) is 6.11. The van der Waals surface area contributed by atoms with Crippen LogP contribution in [0.5, 0.6) is 0 Å². The van der Waals surface area contributed by atoms with Gasteiger partial charge in [-0.05, 0) is 51.6 Å². The summed E-state index contributed by atoms with van der Waals surface area (Å²) in [6, 6.07) is 0.500. The lowest BCUT2D eigenvalue weighted by Gasteiger charge is -2.23. The molecule has 0 aromatic carbocycles. The van der Waals surface area contributed by atoms with Crippen LogP contribution in [0.2, 0.25) is 0 Å². The topological polar surface area (TPSA) is 69.2 Å². The van der Waals surface area contributed by atoms with Crippen LogP contribution in [0.15, 0.2) is 4.79 Å². The van der Waals surface area contributed by atoms with Crippen molar-refractivity contribution in [1.82, 2.24) is 14.9 Å². The van der Waals surface area contributed by atoms with E-state index >= 15 is 0 Å². The van der Waals surface area contributed by atoms with Crippen LogP contribution in [0.3, 0.4) is 0 Å². The molecular weight excluding hydrogens is 298 g/mol. The van der Waals surface area contributed by atoms with E-state index in [0.717, 1.165) is 45.9 Å². The van der Waals surface area contributed by atoms with Gasteiger partial charge in [0.2, 0.25) is 0 Å². The highest BCUT2D eigenvalue weighted by atomic mass is 32.1. The number of hydrogen-bond acceptors (Lipinski definition) is 5. The van der Waals surface area contributed by atoms with E-state index in [1.54, 1.807) is 11.3 Å². The van der Waals surface area contributed by atoms with Gasteiger partial charge in [-0.3, -0.25) is 9.69 Å². The lowest BCUT2D eigenvalue weighted by atomic mass is 10.1. The van der Waals surface area contributed by atoms with Crippen LogP contribution in [0.1, 0.15) is 41.9 Å². The van der Waals surface area contributed by atoms with Gasteiger partial charge < -0.3 is 10.1 Å². The third-order valence-electron chi connectivity index (χ3n) is 4.64. The van der Waals surface area contributed by atoms with Gasteiger partial charge in [0.1, 0.15) is 10.7 Å². The number of thiophene rings is 1. The number of fused-ring (bicyclic) bond motifs is 1. The van der Waals surface area contributed by atoms with Crippen molar-refractivity contribution in [3.63, 3.8) is 0 Å². The molecule has 1 unspecified atom stereocenters. The number of aryl methyl sites for hydroxylation is 2. The summed E-state index contributed by atoms with van der Waals surface area (Å²) in [7, 11) is 0. The van der Waals surface area contributed by atoms with E-state index in [1.165, 1.54) is 12.8 Å². The van der Waals surface area contributed by atoms with Gasteiger partial charge in [0.15, 0.2) is 0 Å². The highest BCUT2D eigenvalue weighted by Gasteiger charge is 2.25. The van der Waals surface area contributed by atoms with Gasteiger partial charge in [0.05, 0.1) is 11.9 Å². The normalized spacial score (nSPS) is 19.3. The zero-order valence-corrected chi connectivity index (χ0v) is 14.0. The number of hydrogen-bond donors (Lipinski definition) is 2. The van der Waals surface area contributed by atoms with E-state index in [0.29, 0.717) is 12.6 Å². The van der Waals surface area contributed by atoms with Gasteiger partial charge >= 0.3 is 0 Å². The van der Waals surface area contributed by atoms with Crippen molar-refractivity contribution in [2.24, 2.45) is 0 Å². The van der Waals surface area contributed by atoms with E-state index in [-0.39, 0.29) is 12.2 Å². The Morgan fingerprint density at radius 2 is 2.27 bits per heavy atom. The highest BCUT2D eigenvalue weighted by molar-refractivity contribution is 7.18. The van der Waals surface area contributed by atoms with Crippen LogP contribution in [0, 0.1) is 13.8 Å². The van der Waals surface area contributed by atoms with E-state index < -0.39 is 0 Å². The summed E-state index contributed by atoms with van der Waals surface area (Å²) in [5.74, 6) is 0.759. The van der Waals surface area contributed by atoms with Gasteiger partial charge in [-0.25, -0.2) is 4.98 Å². The first kappa shape index (κ1) is 15.6. The number of H-pyrrole nitrogens is 1. The molecule has 0 bridgehead atoms. The van der Waals surface area contributed by atoms with Crippen molar-refractivity contribution in [2.45, 2.75) is 52.1 Å². The van der Waals surface area contributed by atoms with Gasteiger partial charge in [-0.2, -0.15) is 0 Å². The van der Waals surface area contributed by atoms with Crippen molar-refractivity contribution in [3.05, 3.63) is 26.6 Å². The Labute approximate surface area is 134 Å². The predicted molar refractivity (Wildman–Crippen MR) is 89.5 cm³/mol. The van der Waals surface area contributed by atoms with Gasteiger partial charge in [0.25, 0.3) is 5.56 Å². The van der Waals surface area contributed by atoms with Crippen molar-refractivity contribution < 1.29 is 5.11 Å². The summed E-state index contributed by atoms with van der Waals surface area (Å²) < 4.78 is 0. The Morgan fingerprint density at radius 1 is 1.45 bits per heavy atom. The van der Waals surface area contributed by atoms with Crippen LogP contribution in [0.25, 0.3) is 10.2 Å². The molecule has 120 valence electrons. The molecule has 22 heavy (non-hydrogen) atoms. The van der Waals surface area contributed by atoms with Crippen molar-refractivity contribution in [1.29, 1.82) is 0 Å². The zero-order valence-electron chi connectivity index (χ0n) is 13.2. The predicted octanol–water partition coefficient (Wildman–Crippen LogP) is 2.34. The smallest absolute Gasteiger partial charge is 0.259 e. The molecule has 0 radical (unpaired) electrons. The summed E-state index contributed by atoms with van der Waals surface area (Å²) in [4.78, 5) is 24.3. The maximum absolute atomic E-state index is 12.3. The molecular formula is C16H23N3O2S. The van der Waals surface area contributed by atoms with E-state index in [4.69, 9.17) is 5.11 Å². The average Bonchev–Trinajstić information content (AvgIpc) is 3.02. The molecule has 2 aromatic rings. The molecule has 0 amide bonds. The number of rotatable bonds is 5. The minimum atomic E-state index is -0.0204. The molecule has 2 aromatic heterocycles. The lowest BCUT2D eigenvalue weighted by Crippen LogP contribution is -2.30. The number of aromatic amines is 1. The van der Waals surface area contributed by atoms with Crippen LogP contribution < -0.4 is 5.56 Å². The Hall–Kier alpha value is -1.24. The third kappa shape index (κ3) is 2.95. The van der Waals surface area contributed by atoms with Crippen LogP contribution in [-0.4, -0.2) is 39.2 Å². The van der Waals surface area contributed by atoms with E-state index in [2.05, 4.69) is 14.9 Å². The number of aliphatic hydroxyl groups excluding tert-OH is 1. The second-order valence-corrected chi connectivity index (χ2v) is 7.31. The molecule has 0 saturated carbocycles. The Morgan fingerprint density at radius 3 is 3.05 bits per heavy atom. The fourth-order valence-electron chi connectivity index (χ4n) is 3.32. The fraction of sp³-hybridized carbons (Fsp3) is 0.625. The Balaban J connectivity index is 1.83. The lowest BCUT2D eigenvalue weighted by molar-refractivity contribution is 0.206. The summed E-state index contributed by atoms with van der Waals surface area (Å²) in [6.45, 7) is 6.00. The maximum Gasteiger partial charge on any atom is 0.259 e. The second kappa shape index (κ2) is 6.48. The minimum Gasteiger partial charge on any atom is -0.396 e. The summed E-state index contributed by atoms with van der Waals surface area (Å²) >= 11 is 1.60. The van der Waals surface area contributed by atoms with Crippen LogP contribution in [0.4, 0.5) is 0 Å². The standard InChI is InChI=1S/C16H23N3O2S/c1-10-11(2)22-16-14(10)15(21)17-13(18-16)9-19-7-3-5-12(19)6-4-8-20/h12,20H,3-9H2,1-2H3,(H,17,18,21). The third-order valence-corrected chi connectivity index (χ3v) is 5.74. The molecule has 1 atom stereocenters. The molecule has 1 aliphatic heterocycles. The van der Waals surface area contributed by atoms with Gasteiger partial charge in [-0.15, -0.1) is 11.3 Å². The molecule has 1 aliphatic rings. The largest absolute Gasteiger partial charge is 0.396 e. The molecule has 1 fully saturated rings. The van der Waals surface area contributed by atoms with Gasteiger partial charge in [-0.1, -0.05) is 0 Å². The number of aromatic nitrogens is 2. The average molecular weight is 321 g/mol. The van der Waals surface area contributed by atoms with Crippen molar-refractivity contribution in [3.8, 4) is 0 Å². The first-order chi connectivity index (χ1) is 10.6. The number of aliphatic hydroxyl groups is 1. The minimum absolute atomic E-state index is 0.0204. The summed E-state index contributed by atoms with van der Waals surface area (Å²) in [6.07, 6.45) is 4.21. The Bertz CT molecular complexity index is 722. The molecule has 3 heterocycles. The van der Waals surface area contributed by atoms with Crippen LogP contribution >= 0.6 is 11.3 Å². The molecule has 0 spiro atoms. The van der Waals surface area contributed by atoms with E-state index in [9.17, 15) is 4.79 Å². The van der Waals surface area contributed by atoms with Crippen molar-refractivity contribution in [2.75, 3.05) is 13.2 Å². The maximum atomic E-state index is 12.3. The molecule has 6 heteroatoms. The summed E-state index contributed by atoms with van der Waals surface area (Å²) in [5.41, 5.74) is 1.02.